The minimum absolute atomic E-state index is 0.556. The van der Waals surface area contributed by atoms with E-state index in [1.807, 2.05) is 6.07 Å². The van der Waals surface area contributed by atoms with Gasteiger partial charge in [0.15, 0.2) is 11.3 Å². The van der Waals surface area contributed by atoms with Crippen molar-refractivity contribution in [3.05, 3.63) is 51.5 Å². The summed E-state index contributed by atoms with van der Waals surface area (Å²) >= 11 is 1.24. The molecule has 0 unspecified atom stereocenters. The third kappa shape index (κ3) is 5.96. The second kappa shape index (κ2) is 9.62. The average Bonchev–Trinajstić information content (AvgIpc) is 3.09. The normalized spacial score (nSPS) is 13.7. The van der Waals surface area contributed by atoms with Crippen molar-refractivity contribution in [1.29, 1.82) is 5.26 Å². The SMILES string of the molecule is CN1CCCCC1.N#Cc1cccc(C#Cc2ncc(C=O)s2)c1. The fourth-order valence-corrected chi connectivity index (χ4v) is 2.83. The Balaban J connectivity index is 0.000000249. The van der Waals surface area contributed by atoms with Crippen LogP contribution in [0.3, 0.4) is 0 Å². The van der Waals surface area contributed by atoms with E-state index in [0.717, 1.165) is 11.8 Å². The molecule has 1 saturated heterocycles. The predicted molar refractivity (Wildman–Crippen MR) is 96.0 cm³/mol. The van der Waals surface area contributed by atoms with Crippen LogP contribution in [0.2, 0.25) is 0 Å². The molecule has 1 aromatic carbocycles. The van der Waals surface area contributed by atoms with Crippen LogP contribution in [0.1, 0.15) is 45.1 Å². The van der Waals surface area contributed by atoms with Crippen molar-refractivity contribution in [1.82, 2.24) is 9.88 Å². The molecule has 0 amide bonds. The smallest absolute Gasteiger partial charge is 0.167 e. The Hall–Kier alpha value is -2.47. The zero-order valence-corrected chi connectivity index (χ0v) is 14.5. The predicted octanol–water partition coefficient (Wildman–Crippen LogP) is 3.33. The Morgan fingerprint density at radius 3 is 2.54 bits per heavy atom. The summed E-state index contributed by atoms with van der Waals surface area (Å²) in [4.78, 5) is 17.4. The number of hydrogen-bond acceptors (Lipinski definition) is 5. The van der Waals surface area contributed by atoms with Gasteiger partial charge in [-0.25, -0.2) is 4.98 Å². The molecule has 2 heterocycles. The quantitative estimate of drug-likeness (QED) is 0.592. The van der Waals surface area contributed by atoms with Crippen molar-refractivity contribution in [2.75, 3.05) is 20.1 Å². The van der Waals surface area contributed by atoms with Crippen LogP contribution in [-0.2, 0) is 0 Å². The Morgan fingerprint density at radius 2 is 1.96 bits per heavy atom. The third-order valence-corrected chi connectivity index (χ3v) is 4.36. The average molecular weight is 337 g/mol. The number of likely N-dealkylation sites (tertiary alicyclic amines) is 1. The minimum Gasteiger partial charge on any atom is -0.306 e. The first-order chi connectivity index (χ1) is 11.7. The molecule has 0 atom stereocenters. The molecule has 1 aliphatic rings. The van der Waals surface area contributed by atoms with Gasteiger partial charge in [0.05, 0.1) is 16.5 Å². The van der Waals surface area contributed by atoms with Crippen molar-refractivity contribution in [3.8, 4) is 17.9 Å². The highest BCUT2D eigenvalue weighted by Crippen LogP contribution is 2.09. The van der Waals surface area contributed by atoms with E-state index in [1.54, 1.807) is 18.2 Å². The zero-order chi connectivity index (χ0) is 17.2. The summed E-state index contributed by atoms with van der Waals surface area (Å²) in [6.45, 7) is 2.64. The van der Waals surface area contributed by atoms with Gasteiger partial charge < -0.3 is 4.90 Å². The molecule has 0 saturated carbocycles. The van der Waals surface area contributed by atoms with Gasteiger partial charge >= 0.3 is 0 Å². The van der Waals surface area contributed by atoms with Crippen molar-refractivity contribution >= 4 is 17.6 Å². The number of rotatable bonds is 1. The van der Waals surface area contributed by atoms with E-state index in [-0.39, 0.29) is 0 Å². The molecule has 0 bridgehead atoms. The highest BCUT2D eigenvalue weighted by molar-refractivity contribution is 7.13. The maximum atomic E-state index is 10.5. The lowest BCUT2D eigenvalue weighted by Gasteiger charge is -2.20. The van der Waals surface area contributed by atoms with Crippen LogP contribution in [0.15, 0.2) is 30.5 Å². The van der Waals surface area contributed by atoms with E-state index < -0.39 is 0 Å². The molecule has 5 heteroatoms. The van der Waals surface area contributed by atoms with Gasteiger partial charge in [-0.05, 0) is 57.1 Å². The van der Waals surface area contributed by atoms with E-state index in [0.29, 0.717) is 15.4 Å². The van der Waals surface area contributed by atoms with E-state index in [4.69, 9.17) is 5.26 Å². The number of carbonyl (C=O) groups excluding carboxylic acids is 1. The molecular formula is C19H19N3OS. The van der Waals surface area contributed by atoms with Gasteiger partial charge in [-0.2, -0.15) is 5.26 Å². The number of hydrogen-bond donors (Lipinski definition) is 0. The first-order valence-corrected chi connectivity index (χ1v) is 8.64. The number of thiazole rings is 1. The van der Waals surface area contributed by atoms with Crippen LogP contribution in [0.4, 0.5) is 0 Å². The van der Waals surface area contributed by atoms with Gasteiger partial charge in [0.1, 0.15) is 0 Å². The zero-order valence-electron chi connectivity index (χ0n) is 13.7. The number of aromatic nitrogens is 1. The lowest BCUT2D eigenvalue weighted by Crippen LogP contribution is -2.24. The van der Waals surface area contributed by atoms with Crippen molar-refractivity contribution < 1.29 is 4.79 Å². The molecule has 24 heavy (non-hydrogen) atoms. The van der Waals surface area contributed by atoms with E-state index in [1.165, 1.54) is 49.9 Å². The lowest BCUT2D eigenvalue weighted by atomic mass is 10.1. The second-order valence-electron chi connectivity index (χ2n) is 5.49. The van der Waals surface area contributed by atoms with Gasteiger partial charge in [0, 0.05) is 11.8 Å². The molecule has 1 aliphatic heterocycles. The maximum Gasteiger partial charge on any atom is 0.167 e. The van der Waals surface area contributed by atoms with Crippen LogP contribution in [0.25, 0.3) is 0 Å². The molecule has 2 aromatic rings. The van der Waals surface area contributed by atoms with E-state index in [9.17, 15) is 4.79 Å². The minimum atomic E-state index is 0.556. The fourth-order valence-electron chi connectivity index (χ4n) is 2.24. The number of aldehydes is 1. The summed E-state index contributed by atoms with van der Waals surface area (Å²) in [6, 6.07) is 9.08. The summed E-state index contributed by atoms with van der Waals surface area (Å²) in [5.41, 5.74) is 1.33. The van der Waals surface area contributed by atoms with Crippen molar-refractivity contribution in [2.45, 2.75) is 19.3 Å². The highest BCUT2D eigenvalue weighted by Gasteiger charge is 2.02. The van der Waals surface area contributed by atoms with Crippen LogP contribution < -0.4 is 0 Å². The standard InChI is InChI=1S/C13H6N2OS.C6H13N/c14-7-11-3-1-2-10(6-11)4-5-13-15-8-12(9-16)17-13;1-7-5-3-2-4-6-7/h1-3,6,8-9H;2-6H2,1H3. The molecule has 1 fully saturated rings. The molecule has 0 radical (unpaired) electrons. The number of carbonyl (C=O) groups is 1. The summed E-state index contributed by atoms with van der Waals surface area (Å²) < 4.78 is 0. The van der Waals surface area contributed by atoms with Gasteiger partial charge in [-0.15, -0.1) is 11.3 Å². The molecular weight excluding hydrogens is 318 g/mol. The molecule has 122 valence electrons. The summed E-state index contributed by atoms with van der Waals surface area (Å²) in [6.07, 6.45) is 6.52. The van der Waals surface area contributed by atoms with Gasteiger partial charge in [-0.1, -0.05) is 18.4 Å². The molecule has 1 aromatic heterocycles. The van der Waals surface area contributed by atoms with Crippen molar-refractivity contribution in [2.24, 2.45) is 0 Å². The fraction of sp³-hybridized carbons (Fsp3) is 0.316. The van der Waals surface area contributed by atoms with Crippen LogP contribution in [0.5, 0.6) is 0 Å². The third-order valence-electron chi connectivity index (χ3n) is 3.52. The molecule has 4 nitrogen and oxygen atoms in total. The Bertz CT molecular complexity index is 774. The maximum absolute atomic E-state index is 10.5. The van der Waals surface area contributed by atoms with Crippen LogP contribution >= 0.6 is 11.3 Å². The summed E-state index contributed by atoms with van der Waals surface area (Å²) in [5, 5.41) is 9.33. The van der Waals surface area contributed by atoms with E-state index in [2.05, 4.69) is 34.8 Å². The second-order valence-corrected chi connectivity index (χ2v) is 6.55. The number of nitrogens with zero attached hydrogens (tertiary/aromatic N) is 3. The number of piperidine rings is 1. The lowest BCUT2D eigenvalue weighted by molar-refractivity contribution is 0.112. The van der Waals surface area contributed by atoms with Gasteiger partial charge in [0.2, 0.25) is 0 Å². The molecule has 0 aliphatic carbocycles. The first kappa shape index (κ1) is 17.9. The first-order valence-electron chi connectivity index (χ1n) is 7.83. The molecule has 3 rings (SSSR count). The number of benzene rings is 1. The largest absolute Gasteiger partial charge is 0.306 e. The number of nitriles is 1. The van der Waals surface area contributed by atoms with Crippen LogP contribution in [-0.4, -0.2) is 36.3 Å². The highest BCUT2D eigenvalue weighted by atomic mass is 32.1. The Kier molecular flexibility index (Phi) is 7.17. The van der Waals surface area contributed by atoms with Crippen LogP contribution in [0, 0.1) is 23.2 Å². The molecule has 0 spiro atoms. The van der Waals surface area contributed by atoms with Crippen molar-refractivity contribution in [3.63, 3.8) is 0 Å². The topological polar surface area (TPSA) is 57.0 Å². The van der Waals surface area contributed by atoms with E-state index >= 15 is 0 Å². The monoisotopic (exact) mass is 337 g/mol. The summed E-state index contributed by atoms with van der Waals surface area (Å²) in [7, 11) is 2.19. The Labute approximate surface area is 146 Å². The Morgan fingerprint density at radius 1 is 1.21 bits per heavy atom. The molecule has 0 N–H and O–H groups in total. The summed E-state index contributed by atoms with van der Waals surface area (Å²) in [5.74, 6) is 5.76. The van der Waals surface area contributed by atoms with Gasteiger partial charge in [-0.3, -0.25) is 4.79 Å². The van der Waals surface area contributed by atoms with Gasteiger partial charge in [0.25, 0.3) is 0 Å².